The van der Waals surface area contributed by atoms with E-state index in [0.29, 0.717) is 13.0 Å². The molecule has 0 atom stereocenters. The Bertz CT molecular complexity index is 441. The first-order chi connectivity index (χ1) is 9.28. The number of anilines is 1. The predicted molar refractivity (Wildman–Crippen MR) is 84.5 cm³/mol. The van der Waals surface area contributed by atoms with Crippen LogP contribution < -0.4 is 11.1 Å². The summed E-state index contributed by atoms with van der Waals surface area (Å²) in [5.74, 6) is 0.0965. The van der Waals surface area contributed by atoms with E-state index in [9.17, 15) is 4.79 Å². The highest BCUT2D eigenvalue weighted by Crippen LogP contribution is 2.14. The van der Waals surface area contributed by atoms with Gasteiger partial charge >= 0.3 is 0 Å². The summed E-state index contributed by atoms with van der Waals surface area (Å²) in [6.45, 7) is 5.96. The van der Waals surface area contributed by atoms with Crippen molar-refractivity contribution in [2.24, 2.45) is 5.41 Å². The van der Waals surface area contributed by atoms with Gasteiger partial charge in [-0.2, -0.15) is 0 Å². The number of aryl methyl sites for hydroxylation is 1. The standard InChI is InChI=1S/C16H27N3O/c1-16(2,12-19(3)4)11-18-15(20)9-8-13-6-5-7-14(17)10-13/h5-7,10H,8-9,11-12,17H2,1-4H3,(H,18,20). The van der Waals surface area contributed by atoms with Crippen LogP contribution in [-0.4, -0.2) is 38.0 Å². The molecule has 0 aliphatic carbocycles. The number of rotatable bonds is 7. The van der Waals surface area contributed by atoms with Crippen LogP contribution in [0.2, 0.25) is 0 Å². The number of carbonyl (C=O) groups is 1. The normalized spacial score (nSPS) is 11.7. The largest absolute Gasteiger partial charge is 0.399 e. The van der Waals surface area contributed by atoms with Gasteiger partial charge in [-0.3, -0.25) is 4.79 Å². The van der Waals surface area contributed by atoms with Crippen molar-refractivity contribution in [1.82, 2.24) is 10.2 Å². The minimum atomic E-state index is 0.0797. The predicted octanol–water partition coefficient (Wildman–Crippen LogP) is 1.91. The molecule has 0 aliphatic rings. The van der Waals surface area contributed by atoms with Crippen LogP contribution >= 0.6 is 0 Å². The lowest BCUT2D eigenvalue weighted by Gasteiger charge is -2.28. The third-order valence-electron chi connectivity index (χ3n) is 3.10. The van der Waals surface area contributed by atoms with Gasteiger partial charge in [-0.15, -0.1) is 0 Å². The molecule has 4 nitrogen and oxygen atoms in total. The van der Waals surface area contributed by atoms with Crippen molar-refractivity contribution in [3.63, 3.8) is 0 Å². The number of benzene rings is 1. The maximum absolute atomic E-state index is 11.9. The second-order valence-corrected chi connectivity index (χ2v) is 6.42. The molecule has 20 heavy (non-hydrogen) atoms. The van der Waals surface area contributed by atoms with Crippen LogP contribution in [0.5, 0.6) is 0 Å². The lowest BCUT2D eigenvalue weighted by molar-refractivity contribution is -0.121. The van der Waals surface area contributed by atoms with Crippen molar-refractivity contribution in [3.05, 3.63) is 29.8 Å². The summed E-state index contributed by atoms with van der Waals surface area (Å²) in [6.07, 6.45) is 1.23. The van der Waals surface area contributed by atoms with E-state index in [-0.39, 0.29) is 11.3 Å². The fraction of sp³-hybridized carbons (Fsp3) is 0.562. The van der Waals surface area contributed by atoms with E-state index < -0.39 is 0 Å². The maximum atomic E-state index is 11.9. The molecule has 0 aromatic heterocycles. The highest BCUT2D eigenvalue weighted by molar-refractivity contribution is 5.76. The topological polar surface area (TPSA) is 58.4 Å². The van der Waals surface area contributed by atoms with Gasteiger partial charge in [0.15, 0.2) is 0 Å². The van der Waals surface area contributed by atoms with Crippen molar-refractivity contribution in [2.45, 2.75) is 26.7 Å². The molecule has 4 heteroatoms. The Morgan fingerprint density at radius 3 is 2.65 bits per heavy atom. The van der Waals surface area contributed by atoms with Gasteiger partial charge in [-0.25, -0.2) is 0 Å². The van der Waals surface area contributed by atoms with Crippen LogP contribution in [0.25, 0.3) is 0 Å². The summed E-state index contributed by atoms with van der Waals surface area (Å²) >= 11 is 0. The van der Waals surface area contributed by atoms with Gasteiger partial charge < -0.3 is 16.0 Å². The zero-order valence-electron chi connectivity index (χ0n) is 13.1. The minimum absolute atomic E-state index is 0.0797. The molecule has 0 fully saturated rings. The van der Waals surface area contributed by atoms with Crippen LogP contribution in [0.3, 0.4) is 0 Å². The molecule has 0 unspecified atom stereocenters. The number of nitrogens with zero attached hydrogens (tertiary/aromatic N) is 1. The van der Waals surface area contributed by atoms with Gasteiger partial charge in [0.05, 0.1) is 0 Å². The van der Waals surface area contributed by atoms with Crippen LogP contribution in [-0.2, 0) is 11.2 Å². The zero-order chi connectivity index (χ0) is 15.2. The molecule has 0 heterocycles. The molecular formula is C16H27N3O. The third kappa shape index (κ3) is 6.57. The van der Waals surface area contributed by atoms with E-state index in [1.54, 1.807) is 0 Å². The second-order valence-electron chi connectivity index (χ2n) is 6.42. The number of hydrogen-bond donors (Lipinski definition) is 2. The lowest BCUT2D eigenvalue weighted by atomic mass is 9.93. The summed E-state index contributed by atoms with van der Waals surface area (Å²) in [6, 6.07) is 7.69. The van der Waals surface area contributed by atoms with E-state index in [2.05, 4.69) is 24.1 Å². The van der Waals surface area contributed by atoms with E-state index >= 15 is 0 Å². The molecule has 0 spiro atoms. The van der Waals surface area contributed by atoms with Crippen molar-refractivity contribution in [3.8, 4) is 0 Å². The minimum Gasteiger partial charge on any atom is -0.399 e. The van der Waals surface area contributed by atoms with Crippen molar-refractivity contribution in [2.75, 3.05) is 32.9 Å². The fourth-order valence-corrected chi connectivity index (χ4v) is 2.34. The smallest absolute Gasteiger partial charge is 0.220 e. The molecule has 0 bridgehead atoms. The maximum Gasteiger partial charge on any atom is 0.220 e. The van der Waals surface area contributed by atoms with E-state index in [1.165, 1.54) is 0 Å². The molecule has 1 rings (SSSR count). The number of nitrogens with two attached hydrogens (primary N) is 1. The van der Waals surface area contributed by atoms with Gasteiger partial charge in [0.1, 0.15) is 0 Å². The Morgan fingerprint density at radius 1 is 1.35 bits per heavy atom. The van der Waals surface area contributed by atoms with E-state index in [0.717, 1.165) is 24.2 Å². The first-order valence-corrected chi connectivity index (χ1v) is 7.04. The van der Waals surface area contributed by atoms with Crippen LogP contribution in [0, 0.1) is 5.41 Å². The molecule has 112 valence electrons. The Morgan fingerprint density at radius 2 is 2.05 bits per heavy atom. The van der Waals surface area contributed by atoms with E-state index in [4.69, 9.17) is 5.73 Å². The number of carbonyl (C=O) groups excluding carboxylic acids is 1. The molecule has 0 saturated heterocycles. The number of hydrogen-bond acceptors (Lipinski definition) is 3. The number of nitrogens with one attached hydrogen (secondary N) is 1. The lowest BCUT2D eigenvalue weighted by Crippen LogP contribution is -2.40. The van der Waals surface area contributed by atoms with Crippen LogP contribution in [0.4, 0.5) is 5.69 Å². The van der Waals surface area contributed by atoms with Crippen molar-refractivity contribution < 1.29 is 4.79 Å². The first-order valence-electron chi connectivity index (χ1n) is 7.04. The number of nitrogen functional groups attached to an aromatic ring is 1. The Balaban J connectivity index is 2.34. The van der Waals surface area contributed by atoms with Gasteiger partial charge in [0.2, 0.25) is 5.91 Å². The Kier molecular flexibility index (Phi) is 6.02. The summed E-state index contributed by atoms with van der Waals surface area (Å²) in [5, 5.41) is 3.02. The molecule has 1 amide bonds. The summed E-state index contributed by atoms with van der Waals surface area (Å²) < 4.78 is 0. The second kappa shape index (κ2) is 7.29. The van der Waals surface area contributed by atoms with Crippen molar-refractivity contribution >= 4 is 11.6 Å². The van der Waals surface area contributed by atoms with Crippen LogP contribution in [0.15, 0.2) is 24.3 Å². The SMILES string of the molecule is CN(C)CC(C)(C)CNC(=O)CCc1cccc(N)c1. The molecular weight excluding hydrogens is 250 g/mol. The summed E-state index contributed by atoms with van der Waals surface area (Å²) in [7, 11) is 4.09. The van der Waals surface area contributed by atoms with E-state index in [1.807, 2.05) is 38.4 Å². The highest BCUT2D eigenvalue weighted by Gasteiger charge is 2.19. The Hall–Kier alpha value is -1.55. The van der Waals surface area contributed by atoms with Crippen LogP contribution in [0.1, 0.15) is 25.8 Å². The molecule has 0 saturated carbocycles. The third-order valence-corrected chi connectivity index (χ3v) is 3.10. The van der Waals surface area contributed by atoms with Gasteiger partial charge in [0, 0.05) is 25.2 Å². The van der Waals surface area contributed by atoms with Gasteiger partial charge in [-0.05, 0) is 43.6 Å². The number of amides is 1. The monoisotopic (exact) mass is 277 g/mol. The summed E-state index contributed by atoms with van der Waals surface area (Å²) in [4.78, 5) is 14.0. The highest BCUT2D eigenvalue weighted by atomic mass is 16.1. The zero-order valence-corrected chi connectivity index (χ0v) is 13.1. The van der Waals surface area contributed by atoms with Crippen molar-refractivity contribution in [1.29, 1.82) is 0 Å². The van der Waals surface area contributed by atoms with Gasteiger partial charge in [0.25, 0.3) is 0 Å². The molecule has 3 N–H and O–H groups in total. The fourth-order valence-electron chi connectivity index (χ4n) is 2.34. The first kappa shape index (κ1) is 16.5. The summed E-state index contributed by atoms with van der Waals surface area (Å²) in [5.41, 5.74) is 7.65. The molecule has 0 radical (unpaired) electrons. The quantitative estimate of drug-likeness (QED) is 0.748. The molecule has 1 aromatic carbocycles. The average molecular weight is 277 g/mol. The molecule has 1 aromatic rings. The van der Waals surface area contributed by atoms with Gasteiger partial charge in [-0.1, -0.05) is 26.0 Å². The average Bonchev–Trinajstić information content (AvgIpc) is 2.32. The Labute approximate surface area is 122 Å². The molecule has 0 aliphatic heterocycles.